The van der Waals surface area contributed by atoms with Gasteiger partial charge >= 0.3 is 0 Å². The van der Waals surface area contributed by atoms with Crippen molar-refractivity contribution in [1.29, 1.82) is 0 Å². The van der Waals surface area contributed by atoms with Crippen molar-refractivity contribution in [2.24, 2.45) is 27.8 Å². The molecule has 0 spiro atoms. The molecule has 7 nitrogen and oxygen atoms in total. The van der Waals surface area contributed by atoms with Crippen molar-refractivity contribution in [2.45, 2.75) is 24.7 Å². The van der Waals surface area contributed by atoms with E-state index in [2.05, 4.69) is 54.9 Å². The number of morpholine rings is 1. The van der Waals surface area contributed by atoms with Gasteiger partial charge in [-0.2, -0.15) is 9.41 Å². The molecule has 3 unspecified atom stereocenters. The van der Waals surface area contributed by atoms with Crippen molar-refractivity contribution in [1.82, 2.24) is 8.98 Å². The molecule has 1 saturated heterocycles. The van der Waals surface area contributed by atoms with E-state index in [4.69, 9.17) is 14.8 Å². The van der Waals surface area contributed by atoms with E-state index in [9.17, 15) is 8.42 Å². The predicted octanol–water partition coefficient (Wildman–Crippen LogP) is 4.82. The van der Waals surface area contributed by atoms with E-state index in [1.165, 1.54) is 27.6 Å². The molecule has 2 bridgehead atoms. The van der Waals surface area contributed by atoms with Gasteiger partial charge in [0.25, 0.3) is 0 Å². The molecule has 1 aromatic heterocycles. The van der Waals surface area contributed by atoms with Gasteiger partial charge in [-0.05, 0) is 55.9 Å². The quantitative estimate of drug-likeness (QED) is 0.336. The van der Waals surface area contributed by atoms with Gasteiger partial charge in [-0.3, -0.25) is 0 Å². The van der Waals surface area contributed by atoms with Crippen LogP contribution in [-0.2, 0) is 14.8 Å². The van der Waals surface area contributed by atoms with Gasteiger partial charge in [0.2, 0.25) is 14.8 Å². The minimum atomic E-state index is -3.54. The Bertz CT molecular complexity index is 1500. The van der Waals surface area contributed by atoms with E-state index < -0.39 is 10.0 Å². The standard InChI is InChI=1S/C28H30N4O3S2/c1-20-2-5-22(6-3-20)27-19-36-28(32(27)29-18-24-17-21-4-7-23(24)16-21)30-25-8-10-26(11-9-25)37(33,34)31-12-14-35-15-13-31/h2-11,18-19,21,23-24H,12-17H2,1H3. The van der Waals surface area contributed by atoms with E-state index in [1.807, 2.05) is 4.68 Å². The van der Waals surface area contributed by atoms with Crippen molar-refractivity contribution < 1.29 is 13.2 Å². The van der Waals surface area contributed by atoms with Crippen molar-refractivity contribution in [3.63, 3.8) is 0 Å². The summed E-state index contributed by atoms with van der Waals surface area (Å²) in [5.74, 6) is 1.71. The zero-order chi connectivity index (χ0) is 25.4. The van der Waals surface area contributed by atoms with Crippen LogP contribution in [0.3, 0.4) is 0 Å². The molecule has 1 aliphatic heterocycles. The van der Waals surface area contributed by atoms with Crippen LogP contribution in [0.25, 0.3) is 11.3 Å². The summed E-state index contributed by atoms with van der Waals surface area (Å²) in [6, 6.07) is 15.2. The average molecular weight is 535 g/mol. The van der Waals surface area contributed by atoms with Crippen LogP contribution in [0.1, 0.15) is 18.4 Å². The summed E-state index contributed by atoms with van der Waals surface area (Å²) in [4.78, 5) is 5.88. The molecule has 3 aliphatic rings. The third kappa shape index (κ3) is 5.01. The van der Waals surface area contributed by atoms with Crippen molar-refractivity contribution >= 4 is 33.3 Å². The Morgan fingerprint density at radius 2 is 1.76 bits per heavy atom. The fourth-order valence-corrected chi connectivity index (χ4v) is 7.56. The van der Waals surface area contributed by atoms with Gasteiger partial charge in [-0.1, -0.05) is 42.0 Å². The molecule has 3 atom stereocenters. The summed E-state index contributed by atoms with van der Waals surface area (Å²) in [7, 11) is -3.54. The Hall–Kier alpha value is -2.85. The number of sulfonamides is 1. The number of ether oxygens (including phenoxy) is 1. The van der Waals surface area contributed by atoms with Crippen LogP contribution in [0, 0.1) is 24.7 Å². The van der Waals surface area contributed by atoms with Crippen molar-refractivity contribution in [3.8, 4) is 11.3 Å². The number of hydrogen-bond acceptors (Lipinski definition) is 6. The number of allylic oxidation sites excluding steroid dienone is 2. The van der Waals surface area contributed by atoms with E-state index in [1.54, 1.807) is 24.3 Å². The Labute approximate surface area is 221 Å². The third-order valence-corrected chi connectivity index (χ3v) is 10.1. The molecule has 3 aromatic rings. The molecule has 1 saturated carbocycles. The molecule has 2 fully saturated rings. The van der Waals surface area contributed by atoms with Crippen LogP contribution < -0.4 is 4.80 Å². The Balaban J connectivity index is 1.33. The zero-order valence-corrected chi connectivity index (χ0v) is 22.4. The highest BCUT2D eigenvalue weighted by molar-refractivity contribution is 7.89. The minimum absolute atomic E-state index is 0.273. The summed E-state index contributed by atoms with van der Waals surface area (Å²) in [6.45, 7) is 3.68. The maximum atomic E-state index is 13.0. The van der Waals surface area contributed by atoms with Crippen LogP contribution >= 0.6 is 11.3 Å². The molecule has 0 N–H and O–H groups in total. The largest absolute Gasteiger partial charge is 0.379 e. The second kappa shape index (κ2) is 10.1. The lowest BCUT2D eigenvalue weighted by Gasteiger charge is -2.26. The van der Waals surface area contributed by atoms with Gasteiger partial charge < -0.3 is 4.74 Å². The molecular formula is C28H30N4O3S2. The molecule has 9 heteroatoms. The Morgan fingerprint density at radius 3 is 2.43 bits per heavy atom. The SMILES string of the molecule is Cc1ccc(-c2csc(=Nc3ccc(S(=O)(=O)N4CCOCC4)cc3)n2N=CC2CC3C=CC2C3)cc1. The van der Waals surface area contributed by atoms with Crippen LogP contribution in [0.2, 0.25) is 0 Å². The van der Waals surface area contributed by atoms with Crippen LogP contribution in [-0.4, -0.2) is 49.9 Å². The summed E-state index contributed by atoms with van der Waals surface area (Å²) in [5.41, 5.74) is 3.97. The molecule has 2 heterocycles. The topological polar surface area (TPSA) is 76.3 Å². The number of benzene rings is 2. The maximum Gasteiger partial charge on any atom is 0.243 e. The lowest BCUT2D eigenvalue weighted by Crippen LogP contribution is -2.40. The molecule has 0 radical (unpaired) electrons. The minimum Gasteiger partial charge on any atom is -0.379 e. The van der Waals surface area contributed by atoms with Crippen molar-refractivity contribution in [2.75, 3.05) is 26.3 Å². The zero-order valence-electron chi connectivity index (χ0n) is 20.7. The summed E-state index contributed by atoms with van der Waals surface area (Å²) in [5, 5.41) is 7.02. The highest BCUT2D eigenvalue weighted by Gasteiger charge is 2.34. The number of hydrogen-bond donors (Lipinski definition) is 0. The fourth-order valence-electron chi connectivity index (χ4n) is 5.30. The first-order chi connectivity index (χ1) is 18.0. The molecular weight excluding hydrogens is 504 g/mol. The van der Waals surface area contributed by atoms with Gasteiger partial charge in [-0.15, -0.1) is 11.3 Å². The molecule has 2 aromatic carbocycles. The molecule has 37 heavy (non-hydrogen) atoms. The maximum absolute atomic E-state index is 13.0. The first kappa shape index (κ1) is 24.5. The second-order valence-electron chi connectivity index (χ2n) is 9.91. The molecule has 6 rings (SSSR count). The van der Waals surface area contributed by atoms with E-state index in [0.29, 0.717) is 49.7 Å². The number of nitrogens with zero attached hydrogens (tertiary/aromatic N) is 4. The van der Waals surface area contributed by atoms with E-state index >= 15 is 0 Å². The summed E-state index contributed by atoms with van der Waals surface area (Å²) < 4.78 is 34.6. The van der Waals surface area contributed by atoms with E-state index in [-0.39, 0.29) is 4.90 Å². The van der Waals surface area contributed by atoms with Gasteiger partial charge in [0.15, 0.2) is 0 Å². The van der Waals surface area contributed by atoms with Crippen LogP contribution in [0.5, 0.6) is 0 Å². The lowest BCUT2D eigenvalue weighted by molar-refractivity contribution is 0.0730. The fraction of sp³-hybridized carbons (Fsp3) is 0.357. The number of thiazole rings is 1. The molecule has 0 amide bonds. The Kier molecular flexibility index (Phi) is 6.71. The first-order valence-corrected chi connectivity index (χ1v) is 15.0. The average Bonchev–Trinajstić information content (AvgIpc) is 3.65. The normalized spacial score (nSPS) is 24.5. The van der Waals surface area contributed by atoms with Gasteiger partial charge in [0, 0.05) is 36.2 Å². The van der Waals surface area contributed by atoms with Gasteiger partial charge in [0.1, 0.15) is 0 Å². The highest BCUT2D eigenvalue weighted by atomic mass is 32.2. The highest BCUT2D eigenvalue weighted by Crippen LogP contribution is 2.42. The van der Waals surface area contributed by atoms with Crippen LogP contribution in [0.4, 0.5) is 5.69 Å². The predicted molar refractivity (Wildman–Crippen MR) is 146 cm³/mol. The van der Waals surface area contributed by atoms with E-state index in [0.717, 1.165) is 22.5 Å². The summed E-state index contributed by atoms with van der Waals surface area (Å²) in [6.07, 6.45) is 9.15. The molecule has 192 valence electrons. The third-order valence-electron chi connectivity index (χ3n) is 7.41. The first-order valence-electron chi connectivity index (χ1n) is 12.7. The van der Waals surface area contributed by atoms with Crippen molar-refractivity contribution in [3.05, 3.63) is 76.4 Å². The number of rotatable bonds is 6. The van der Waals surface area contributed by atoms with Gasteiger partial charge in [-0.25, -0.2) is 18.1 Å². The van der Waals surface area contributed by atoms with Gasteiger partial charge in [0.05, 0.1) is 29.5 Å². The lowest BCUT2D eigenvalue weighted by atomic mass is 9.95. The number of aromatic nitrogens is 1. The van der Waals surface area contributed by atoms with Crippen LogP contribution in [0.15, 0.2) is 81.1 Å². The number of fused-ring (bicyclic) bond motifs is 2. The summed E-state index contributed by atoms with van der Waals surface area (Å²) >= 11 is 1.53. The molecule has 2 aliphatic carbocycles. The smallest absolute Gasteiger partial charge is 0.243 e. The number of aryl methyl sites for hydroxylation is 1. The monoisotopic (exact) mass is 534 g/mol. The Morgan fingerprint density at radius 1 is 1.00 bits per heavy atom. The second-order valence-corrected chi connectivity index (χ2v) is 12.7.